The molecule has 176 valence electrons. The van der Waals surface area contributed by atoms with Gasteiger partial charge in [0, 0.05) is 12.8 Å². The first-order chi connectivity index (χ1) is 15.4. The van der Waals surface area contributed by atoms with Crippen molar-refractivity contribution >= 4 is 17.9 Å². The van der Waals surface area contributed by atoms with E-state index in [1.165, 1.54) is 0 Å². The van der Waals surface area contributed by atoms with Crippen LogP contribution in [0.25, 0.3) is 0 Å². The number of aromatic hydroxyl groups is 4. The first-order valence-electron chi connectivity index (χ1n) is 9.51. The monoisotopic (exact) mass is 464 g/mol. The van der Waals surface area contributed by atoms with Gasteiger partial charge in [-0.25, -0.2) is 14.4 Å². The second-order valence-corrected chi connectivity index (χ2v) is 7.53. The molecule has 7 N–H and O–H groups in total. The van der Waals surface area contributed by atoms with Crippen LogP contribution in [0.3, 0.4) is 0 Å². The molecule has 33 heavy (non-hydrogen) atoms. The van der Waals surface area contributed by atoms with Crippen molar-refractivity contribution in [1.29, 1.82) is 0 Å². The zero-order chi connectivity index (χ0) is 24.5. The molecule has 0 bridgehead atoms. The quantitative estimate of drug-likeness (QED) is 0.234. The van der Waals surface area contributed by atoms with Crippen LogP contribution in [0.2, 0.25) is 0 Å². The first-order valence-corrected chi connectivity index (χ1v) is 9.51. The number of carbonyl (C=O) groups is 3. The van der Waals surface area contributed by atoms with Gasteiger partial charge in [-0.05, 0) is 36.4 Å². The van der Waals surface area contributed by atoms with Gasteiger partial charge >= 0.3 is 17.9 Å². The summed E-state index contributed by atoms with van der Waals surface area (Å²) in [6.07, 6.45) is -6.46. The SMILES string of the molecule is O=C(O[C@@H]1CC(O)(C(=O)O)C[C@@H](OC(=O)c2ccc(O)c(O)c2)C1O)c1ccc(O)c(O)c1. The number of benzene rings is 2. The third-order valence-electron chi connectivity index (χ3n) is 5.18. The van der Waals surface area contributed by atoms with Gasteiger partial charge in [-0.15, -0.1) is 0 Å². The number of esters is 2. The molecule has 12 heteroatoms. The number of hydrogen-bond acceptors (Lipinski definition) is 11. The third kappa shape index (κ3) is 4.91. The third-order valence-corrected chi connectivity index (χ3v) is 5.18. The van der Waals surface area contributed by atoms with Crippen molar-refractivity contribution in [2.24, 2.45) is 0 Å². The molecule has 3 rings (SSSR count). The minimum absolute atomic E-state index is 0.241. The molecule has 0 spiro atoms. The smallest absolute Gasteiger partial charge is 0.338 e. The van der Waals surface area contributed by atoms with E-state index in [4.69, 9.17) is 9.47 Å². The zero-order valence-electron chi connectivity index (χ0n) is 16.8. The van der Waals surface area contributed by atoms with E-state index in [1.54, 1.807) is 0 Å². The van der Waals surface area contributed by atoms with Crippen LogP contribution in [0.1, 0.15) is 33.6 Å². The highest BCUT2D eigenvalue weighted by Gasteiger charge is 2.52. The van der Waals surface area contributed by atoms with E-state index in [1.807, 2.05) is 0 Å². The molecule has 2 atom stereocenters. The number of carbonyl (C=O) groups excluding carboxylic acids is 2. The molecule has 2 aromatic rings. The Morgan fingerprint density at radius 1 is 0.758 bits per heavy atom. The molecule has 0 amide bonds. The summed E-state index contributed by atoms with van der Waals surface area (Å²) >= 11 is 0. The Bertz CT molecular complexity index is 1020. The lowest BCUT2D eigenvalue weighted by molar-refractivity contribution is -0.187. The fourth-order valence-corrected chi connectivity index (χ4v) is 3.34. The number of ether oxygens (including phenoxy) is 2. The minimum Gasteiger partial charge on any atom is -0.504 e. The summed E-state index contributed by atoms with van der Waals surface area (Å²) in [5, 5.41) is 68.3. The number of aliphatic hydroxyl groups is 2. The Morgan fingerprint density at radius 3 is 1.48 bits per heavy atom. The van der Waals surface area contributed by atoms with Crippen molar-refractivity contribution in [2.45, 2.75) is 36.8 Å². The van der Waals surface area contributed by atoms with Gasteiger partial charge in [0.15, 0.2) is 28.6 Å². The van der Waals surface area contributed by atoms with Crippen LogP contribution in [0.15, 0.2) is 36.4 Å². The zero-order valence-corrected chi connectivity index (χ0v) is 16.8. The van der Waals surface area contributed by atoms with Crippen LogP contribution in [-0.4, -0.2) is 77.6 Å². The highest BCUT2D eigenvalue weighted by atomic mass is 16.6. The number of aliphatic carboxylic acids is 1. The van der Waals surface area contributed by atoms with Crippen LogP contribution in [0, 0.1) is 0 Å². The summed E-state index contributed by atoms with van der Waals surface area (Å²) in [6.45, 7) is 0. The van der Waals surface area contributed by atoms with E-state index in [2.05, 4.69) is 0 Å². The van der Waals surface area contributed by atoms with E-state index in [9.17, 15) is 50.1 Å². The van der Waals surface area contributed by atoms with Crippen LogP contribution >= 0.6 is 0 Å². The number of phenolic OH excluding ortho intramolecular Hbond substituents is 4. The molecule has 1 saturated carbocycles. The molecular formula is C21H20O12. The molecule has 1 aliphatic carbocycles. The normalized spacial score (nSPS) is 24.6. The molecule has 0 radical (unpaired) electrons. The average Bonchev–Trinajstić information content (AvgIpc) is 2.75. The molecule has 1 aliphatic rings. The van der Waals surface area contributed by atoms with Crippen molar-refractivity contribution in [3.05, 3.63) is 47.5 Å². The van der Waals surface area contributed by atoms with Gasteiger partial charge in [0.05, 0.1) is 11.1 Å². The number of carboxylic acid groups (broad SMARTS) is 1. The van der Waals surface area contributed by atoms with E-state index in [0.29, 0.717) is 0 Å². The Balaban J connectivity index is 1.82. The number of phenols is 4. The maximum absolute atomic E-state index is 12.4. The van der Waals surface area contributed by atoms with E-state index in [-0.39, 0.29) is 11.1 Å². The number of hydrogen-bond donors (Lipinski definition) is 7. The van der Waals surface area contributed by atoms with Gasteiger partial charge in [-0.3, -0.25) is 0 Å². The Hall–Kier alpha value is -4.03. The first kappa shape index (κ1) is 23.6. The fraction of sp³-hybridized carbons (Fsp3) is 0.286. The van der Waals surface area contributed by atoms with Crippen molar-refractivity contribution in [3.63, 3.8) is 0 Å². The van der Waals surface area contributed by atoms with Crippen LogP contribution in [0.5, 0.6) is 23.0 Å². The number of aliphatic hydroxyl groups excluding tert-OH is 1. The van der Waals surface area contributed by atoms with Crippen molar-refractivity contribution in [1.82, 2.24) is 0 Å². The van der Waals surface area contributed by atoms with Gasteiger partial charge in [-0.1, -0.05) is 0 Å². The summed E-state index contributed by atoms with van der Waals surface area (Å²) in [5.74, 6) is -6.19. The summed E-state index contributed by atoms with van der Waals surface area (Å²) in [4.78, 5) is 36.4. The highest BCUT2D eigenvalue weighted by molar-refractivity contribution is 5.91. The summed E-state index contributed by atoms with van der Waals surface area (Å²) in [6, 6.07) is 5.98. The minimum atomic E-state index is -2.52. The predicted molar refractivity (Wildman–Crippen MR) is 106 cm³/mol. The van der Waals surface area contributed by atoms with Crippen LogP contribution < -0.4 is 0 Å². The Kier molecular flexibility index (Phi) is 6.33. The Labute approximate surface area is 185 Å². The lowest BCUT2D eigenvalue weighted by Crippen LogP contribution is -2.58. The van der Waals surface area contributed by atoms with Gasteiger partial charge in [0.25, 0.3) is 0 Å². The molecule has 0 unspecified atom stereocenters. The Morgan fingerprint density at radius 2 is 1.15 bits per heavy atom. The largest absolute Gasteiger partial charge is 0.504 e. The number of carboxylic acids is 1. The van der Waals surface area contributed by atoms with Crippen molar-refractivity contribution < 1.29 is 59.6 Å². The van der Waals surface area contributed by atoms with Gasteiger partial charge in [-0.2, -0.15) is 0 Å². The fourth-order valence-electron chi connectivity index (χ4n) is 3.34. The van der Waals surface area contributed by atoms with E-state index >= 15 is 0 Å². The second kappa shape index (κ2) is 8.84. The highest BCUT2D eigenvalue weighted by Crippen LogP contribution is 2.35. The summed E-state index contributed by atoms with van der Waals surface area (Å²) in [7, 11) is 0. The maximum Gasteiger partial charge on any atom is 0.338 e. The lowest BCUT2D eigenvalue weighted by Gasteiger charge is -2.40. The maximum atomic E-state index is 12.4. The van der Waals surface area contributed by atoms with Crippen molar-refractivity contribution in [2.75, 3.05) is 0 Å². The molecule has 0 heterocycles. The topological polar surface area (TPSA) is 211 Å². The molecule has 0 aliphatic heterocycles. The van der Waals surface area contributed by atoms with Gasteiger partial charge < -0.3 is 45.2 Å². The van der Waals surface area contributed by atoms with E-state index < -0.39 is 77.7 Å². The molecule has 2 aromatic carbocycles. The molecule has 0 saturated heterocycles. The van der Waals surface area contributed by atoms with Crippen LogP contribution in [0.4, 0.5) is 0 Å². The predicted octanol–water partition coefficient (Wildman–Crippen LogP) is 0.230. The van der Waals surface area contributed by atoms with Gasteiger partial charge in [0.2, 0.25) is 0 Å². The van der Waals surface area contributed by atoms with Gasteiger partial charge in [0.1, 0.15) is 18.3 Å². The average molecular weight is 464 g/mol. The second-order valence-electron chi connectivity index (χ2n) is 7.53. The summed E-state index contributed by atoms with van der Waals surface area (Å²) < 4.78 is 10.2. The van der Waals surface area contributed by atoms with Crippen LogP contribution in [-0.2, 0) is 14.3 Å². The van der Waals surface area contributed by atoms with Crippen molar-refractivity contribution in [3.8, 4) is 23.0 Å². The molecular weight excluding hydrogens is 444 g/mol. The van der Waals surface area contributed by atoms with E-state index in [0.717, 1.165) is 36.4 Å². The molecule has 0 aromatic heterocycles. The molecule has 1 fully saturated rings. The lowest BCUT2D eigenvalue weighted by atomic mass is 9.79. The summed E-state index contributed by atoms with van der Waals surface area (Å²) in [5.41, 5.74) is -3.01. The standard InChI is InChI=1S/C21H20O12/c22-11-3-1-9(5-13(11)24)18(27)32-15-7-21(31,20(29)30)8-16(17(15)26)33-19(28)10-2-4-12(23)14(25)6-10/h1-6,15-17,22-26,31H,7-8H2,(H,29,30)/t15-,16-,17?,21?/m1/s1. The molecule has 12 nitrogen and oxygen atoms in total. The number of rotatable bonds is 5.